The Morgan fingerprint density at radius 1 is 1.24 bits per heavy atom. The highest BCUT2D eigenvalue weighted by Crippen LogP contribution is 2.18. The summed E-state index contributed by atoms with van der Waals surface area (Å²) in [5.41, 5.74) is 1.24. The van der Waals surface area contributed by atoms with Gasteiger partial charge in [0.15, 0.2) is 0 Å². The van der Waals surface area contributed by atoms with E-state index in [4.69, 9.17) is 4.98 Å². The van der Waals surface area contributed by atoms with E-state index in [9.17, 15) is 0 Å². The number of anilines is 1. The average Bonchev–Trinajstić information content (AvgIpc) is 2.45. The van der Waals surface area contributed by atoms with Crippen LogP contribution < -0.4 is 10.2 Å². The largest absolute Gasteiger partial charge is 0.354 e. The van der Waals surface area contributed by atoms with Gasteiger partial charge in [0.25, 0.3) is 0 Å². The van der Waals surface area contributed by atoms with Crippen LogP contribution in [0.1, 0.15) is 66.5 Å². The van der Waals surface area contributed by atoms with Crippen molar-refractivity contribution in [1.82, 2.24) is 10.3 Å². The van der Waals surface area contributed by atoms with Gasteiger partial charge in [-0.3, -0.25) is 0 Å². The van der Waals surface area contributed by atoms with E-state index in [0.717, 1.165) is 31.0 Å². The summed E-state index contributed by atoms with van der Waals surface area (Å²) < 4.78 is 0. The molecule has 0 spiro atoms. The molecule has 1 N–H and O–H groups in total. The van der Waals surface area contributed by atoms with Crippen molar-refractivity contribution in [3.05, 3.63) is 23.9 Å². The zero-order valence-corrected chi connectivity index (χ0v) is 14.7. The van der Waals surface area contributed by atoms with Crippen LogP contribution in [0.15, 0.2) is 18.2 Å². The SMILES string of the molecule is CCCCN(c1cccc(CNC(C)(C)C)n1)C(C)CC. The zero-order chi connectivity index (χ0) is 15.9. The van der Waals surface area contributed by atoms with Crippen LogP contribution in [-0.2, 0) is 6.54 Å². The Hall–Kier alpha value is -1.09. The summed E-state index contributed by atoms with van der Waals surface area (Å²) >= 11 is 0. The molecule has 3 heteroatoms. The second-order valence-corrected chi connectivity index (χ2v) is 6.89. The Morgan fingerprint density at radius 2 is 1.95 bits per heavy atom. The first-order chi connectivity index (χ1) is 9.87. The minimum Gasteiger partial charge on any atom is -0.354 e. The van der Waals surface area contributed by atoms with Gasteiger partial charge < -0.3 is 10.2 Å². The second kappa shape index (κ2) is 8.38. The minimum atomic E-state index is 0.121. The molecule has 1 aromatic rings. The van der Waals surface area contributed by atoms with Crippen LogP contribution in [0.2, 0.25) is 0 Å². The number of aromatic nitrogens is 1. The molecule has 0 aliphatic carbocycles. The second-order valence-electron chi connectivity index (χ2n) is 6.89. The molecule has 0 amide bonds. The van der Waals surface area contributed by atoms with Crippen LogP contribution in [0, 0.1) is 0 Å². The van der Waals surface area contributed by atoms with Gasteiger partial charge >= 0.3 is 0 Å². The van der Waals surface area contributed by atoms with Crippen LogP contribution in [0.5, 0.6) is 0 Å². The van der Waals surface area contributed by atoms with Gasteiger partial charge in [0.05, 0.1) is 5.69 Å². The molecule has 0 aliphatic rings. The first kappa shape index (κ1) is 18.0. The molecule has 0 saturated heterocycles. The number of unbranched alkanes of at least 4 members (excludes halogenated alkanes) is 1. The minimum absolute atomic E-state index is 0.121. The Labute approximate surface area is 131 Å². The van der Waals surface area contributed by atoms with Gasteiger partial charge in [-0.15, -0.1) is 0 Å². The zero-order valence-electron chi connectivity index (χ0n) is 14.7. The van der Waals surface area contributed by atoms with Crippen LogP contribution in [0.4, 0.5) is 5.82 Å². The number of hydrogen-bond acceptors (Lipinski definition) is 3. The van der Waals surface area contributed by atoms with E-state index in [0.29, 0.717) is 6.04 Å². The van der Waals surface area contributed by atoms with Crippen LogP contribution in [-0.4, -0.2) is 23.1 Å². The van der Waals surface area contributed by atoms with Gasteiger partial charge in [-0.25, -0.2) is 4.98 Å². The summed E-state index contributed by atoms with van der Waals surface area (Å²) in [6.45, 7) is 15.2. The maximum Gasteiger partial charge on any atom is 0.129 e. The van der Waals surface area contributed by atoms with Crippen molar-refractivity contribution in [1.29, 1.82) is 0 Å². The van der Waals surface area contributed by atoms with Crippen molar-refractivity contribution in [3.8, 4) is 0 Å². The molecule has 1 heterocycles. The molecular formula is C18H33N3. The Bertz CT molecular complexity index is 409. The summed E-state index contributed by atoms with van der Waals surface area (Å²) in [7, 11) is 0. The molecular weight excluding hydrogens is 258 g/mol. The predicted octanol–water partition coefficient (Wildman–Crippen LogP) is 4.37. The lowest BCUT2D eigenvalue weighted by Gasteiger charge is -2.30. The van der Waals surface area contributed by atoms with E-state index in [2.05, 4.69) is 70.0 Å². The summed E-state index contributed by atoms with van der Waals surface area (Å²) in [6.07, 6.45) is 3.59. The van der Waals surface area contributed by atoms with Gasteiger partial charge in [0.2, 0.25) is 0 Å². The number of pyridine rings is 1. The molecule has 0 radical (unpaired) electrons. The molecule has 0 saturated carbocycles. The summed E-state index contributed by atoms with van der Waals surface area (Å²) in [4.78, 5) is 7.31. The van der Waals surface area contributed by atoms with Gasteiger partial charge in [-0.2, -0.15) is 0 Å². The Kier molecular flexibility index (Phi) is 7.16. The van der Waals surface area contributed by atoms with Crippen molar-refractivity contribution in [2.24, 2.45) is 0 Å². The highest BCUT2D eigenvalue weighted by molar-refractivity contribution is 5.40. The third-order valence-corrected chi connectivity index (χ3v) is 3.76. The Balaban J connectivity index is 2.83. The number of hydrogen-bond donors (Lipinski definition) is 1. The maximum absolute atomic E-state index is 4.86. The van der Waals surface area contributed by atoms with Gasteiger partial charge in [-0.05, 0) is 52.7 Å². The van der Waals surface area contributed by atoms with E-state index in [1.54, 1.807) is 0 Å². The molecule has 1 aromatic heterocycles. The molecule has 1 atom stereocenters. The molecule has 0 fully saturated rings. The number of nitrogens with zero attached hydrogens (tertiary/aromatic N) is 2. The highest BCUT2D eigenvalue weighted by Gasteiger charge is 2.15. The summed E-state index contributed by atoms with van der Waals surface area (Å²) in [5.74, 6) is 1.12. The lowest BCUT2D eigenvalue weighted by molar-refractivity contribution is 0.421. The van der Waals surface area contributed by atoms with E-state index in [1.165, 1.54) is 12.8 Å². The third-order valence-electron chi connectivity index (χ3n) is 3.76. The highest BCUT2D eigenvalue weighted by atomic mass is 15.2. The molecule has 0 bridgehead atoms. The number of nitrogens with one attached hydrogen (secondary N) is 1. The van der Waals surface area contributed by atoms with Gasteiger partial charge in [0.1, 0.15) is 5.82 Å². The fourth-order valence-corrected chi connectivity index (χ4v) is 2.19. The normalized spacial score (nSPS) is 13.2. The fourth-order valence-electron chi connectivity index (χ4n) is 2.19. The topological polar surface area (TPSA) is 28.2 Å². The van der Waals surface area contributed by atoms with Crippen LogP contribution in [0.3, 0.4) is 0 Å². The maximum atomic E-state index is 4.86. The summed E-state index contributed by atoms with van der Waals surface area (Å²) in [6, 6.07) is 6.91. The average molecular weight is 291 g/mol. The fraction of sp³-hybridized carbons (Fsp3) is 0.722. The van der Waals surface area contributed by atoms with E-state index < -0.39 is 0 Å². The first-order valence-corrected chi connectivity index (χ1v) is 8.35. The van der Waals surface area contributed by atoms with Crippen LogP contribution >= 0.6 is 0 Å². The van der Waals surface area contributed by atoms with E-state index in [-0.39, 0.29) is 5.54 Å². The van der Waals surface area contributed by atoms with Crippen molar-refractivity contribution in [3.63, 3.8) is 0 Å². The van der Waals surface area contributed by atoms with Crippen molar-refractivity contribution in [2.75, 3.05) is 11.4 Å². The quantitative estimate of drug-likeness (QED) is 0.770. The van der Waals surface area contributed by atoms with Gasteiger partial charge in [-0.1, -0.05) is 26.3 Å². The molecule has 1 unspecified atom stereocenters. The van der Waals surface area contributed by atoms with Crippen molar-refractivity contribution < 1.29 is 0 Å². The lowest BCUT2D eigenvalue weighted by atomic mass is 10.1. The van der Waals surface area contributed by atoms with Crippen molar-refractivity contribution in [2.45, 2.75) is 78.9 Å². The van der Waals surface area contributed by atoms with Crippen LogP contribution in [0.25, 0.3) is 0 Å². The van der Waals surface area contributed by atoms with Gasteiger partial charge in [0, 0.05) is 24.7 Å². The Morgan fingerprint density at radius 3 is 2.52 bits per heavy atom. The molecule has 3 nitrogen and oxygen atoms in total. The standard InChI is InChI=1S/C18H33N3/c1-7-9-13-21(15(3)8-2)17-12-10-11-16(20-17)14-19-18(4,5)6/h10-12,15,19H,7-9,13-14H2,1-6H3. The predicted molar refractivity (Wildman–Crippen MR) is 92.8 cm³/mol. The smallest absolute Gasteiger partial charge is 0.129 e. The molecule has 0 aromatic carbocycles. The first-order valence-electron chi connectivity index (χ1n) is 8.35. The molecule has 0 aliphatic heterocycles. The van der Waals surface area contributed by atoms with E-state index in [1.807, 2.05) is 0 Å². The number of rotatable bonds is 8. The monoisotopic (exact) mass is 291 g/mol. The van der Waals surface area contributed by atoms with Crippen molar-refractivity contribution >= 4 is 5.82 Å². The molecule has 120 valence electrons. The molecule has 1 rings (SSSR count). The molecule has 21 heavy (non-hydrogen) atoms. The summed E-state index contributed by atoms with van der Waals surface area (Å²) in [5, 5.41) is 3.51. The lowest BCUT2D eigenvalue weighted by Crippen LogP contribution is -2.36. The van der Waals surface area contributed by atoms with E-state index >= 15 is 0 Å². The third kappa shape index (κ3) is 6.47.